The Kier molecular flexibility index (Phi) is 7.62. The van der Waals surface area contributed by atoms with E-state index >= 15 is 0 Å². The van der Waals surface area contributed by atoms with Crippen LogP contribution < -0.4 is 5.32 Å². The third-order valence-electron chi connectivity index (χ3n) is 2.51. The maximum Gasteiger partial charge on any atom is 0.244 e. The summed E-state index contributed by atoms with van der Waals surface area (Å²) in [5, 5.41) is 13.1. The number of aliphatic hydroxyl groups excluding tert-OH is 1. The number of amides is 1. The van der Waals surface area contributed by atoms with Crippen LogP contribution in [-0.2, 0) is 9.53 Å². The maximum atomic E-state index is 11.6. The van der Waals surface area contributed by atoms with E-state index in [4.69, 9.17) is 27.9 Å². The van der Waals surface area contributed by atoms with E-state index in [2.05, 4.69) is 5.32 Å². The molecule has 0 heterocycles. The molecule has 1 amide bonds. The van der Waals surface area contributed by atoms with Crippen LogP contribution in [0.3, 0.4) is 0 Å². The maximum absolute atomic E-state index is 11.6. The molecule has 1 rings (SSSR count). The standard InChI is InChI=1S/C14H17Cl2NO3/c1-20-9-12(18)6-7-17-14(19)5-2-10-8-11(15)3-4-13(10)16/h2-5,8,12,18H,6-7,9H2,1H3,(H,17,19)/b5-2+. The van der Waals surface area contributed by atoms with E-state index in [1.54, 1.807) is 24.3 Å². The summed E-state index contributed by atoms with van der Waals surface area (Å²) in [6.07, 6.45) is 2.83. The van der Waals surface area contributed by atoms with Crippen LogP contribution >= 0.6 is 23.2 Å². The van der Waals surface area contributed by atoms with Gasteiger partial charge in [0.25, 0.3) is 0 Å². The molecular formula is C14H17Cl2NO3. The minimum atomic E-state index is -0.577. The van der Waals surface area contributed by atoms with Crippen molar-refractivity contribution in [3.05, 3.63) is 39.9 Å². The zero-order chi connectivity index (χ0) is 15.0. The van der Waals surface area contributed by atoms with Crippen molar-refractivity contribution in [3.63, 3.8) is 0 Å². The number of nitrogens with one attached hydrogen (secondary N) is 1. The second-order valence-electron chi connectivity index (χ2n) is 4.19. The molecule has 0 aliphatic carbocycles. The fourth-order valence-electron chi connectivity index (χ4n) is 1.50. The summed E-state index contributed by atoms with van der Waals surface area (Å²) < 4.78 is 4.79. The fraction of sp³-hybridized carbons (Fsp3) is 0.357. The molecule has 0 aromatic heterocycles. The van der Waals surface area contributed by atoms with E-state index in [1.807, 2.05) is 0 Å². The number of benzene rings is 1. The number of hydrogen-bond acceptors (Lipinski definition) is 3. The van der Waals surface area contributed by atoms with E-state index in [0.717, 1.165) is 0 Å². The Morgan fingerprint density at radius 2 is 2.25 bits per heavy atom. The van der Waals surface area contributed by atoms with Crippen molar-refractivity contribution in [2.24, 2.45) is 0 Å². The Hall–Kier alpha value is -1.07. The van der Waals surface area contributed by atoms with Crippen molar-refractivity contribution in [2.75, 3.05) is 20.3 Å². The first-order valence-electron chi connectivity index (χ1n) is 6.11. The summed E-state index contributed by atoms with van der Waals surface area (Å²) in [6, 6.07) is 5.02. The number of carbonyl (C=O) groups is 1. The van der Waals surface area contributed by atoms with Gasteiger partial charge < -0.3 is 15.2 Å². The first-order chi connectivity index (χ1) is 9.52. The lowest BCUT2D eigenvalue weighted by atomic mass is 10.2. The van der Waals surface area contributed by atoms with Crippen LogP contribution in [0.15, 0.2) is 24.3 Å². The number of carbonyl (C=O) groups excluding carboxylic acids is 1. The summed E-state index contributed by atoms with van der Waals surface area (Å²) in [7, 11) is 1.51. The lowest BCUT2D eigenvalue weighted by Crippen LogP contribution is -2.27. The summed E-state index contributed by atoms with van der Waals surface area (Å²) in [5.41, 5.74) is 0.675. The van der Waals surface area contributed by atoms with Crippen molar-refractivity contribution in [2.45, 2.75) is 12.5 Å². The molecule has 0 saturated carbocycles. The molecule has 1 atom stereocenters. The Morgan fingerprint density at radius 3 is 2.95 bits per heavy atom. The molecule has 0 radical (unpaired) electrons. The van der Waals surface area contributed by atoms with Gasteiger partial charge in [-0.1, -0.05) is 23.2 Å². The molecule has 0 bridgehead atoms. The van der Waals surface area contributed by atoms with Crippen LogP contribution in [0.5, 0.6) is 0 Å². The van der Waals surface area contributed by atoms with Crippen molar-refractivity contribution >= 4 is 35.2 Å². The highest BCUT2D eigenvalue weighted by molar-refractivity contribution is 6.34. The largest absolute Gasteiger partial charge is 0.391 e. The van der Waals surface area contributed by atoms with Crippen LogP contribution in [0.25, 0.3) is 6.08 Å². The van der Waals surface area contributed by atoms with Crippen LogP contribution in [-0.4, -0.2) is 37.4 Å². The van der Waals surface area contributed by atoms with E-state index < -0.39 is 6.10 Å². The minimum absolute atomic E-state index is 0.254. The molecule has 4 nitrogen and oxygen atoms in total. The first kappa shape index (κ1) is 17.0. The second-order valence-corrected chi connectivity index (χ2v) is 5.03. The Labute approximate surface area is 128 Å². The summed E-state index contributed by atoms with van der Waals surface area (Å²) in [5.74, 6) is -0.259. The zero-order valence-corrected chi connectivity index (χ0v) is 12.6. The molecule has 0 saturated heterocycles. The highest BCUT2D eigenvalue weighted by Gasteiger charge is 2.04. The summed E-state index contributed by atoms with van der Waals surface area (Å²) in [6.45, 7) is 0.626. The molecule has 20 heavy (non-hydrogen) atoms. The van der Waals surface area contributed by atoms with Gasteiger partial charge in [-0.25, -0.2) is 0 Å². The van der Waals surface area contributed by atoms with Gasteiger partial charge in [0, 0.05) is 29.8 Å². The highest BCUT2D eigenvalue weighted by Crippen LogP contribution is 2.21. The molecule has 6 heteroatoms. The molecule has 0 fully saturated rings. The molecule has 0 aliphatic rings. The summed E-state index contributed by atoms with van der Waals surface area (Å²) >= 11 is 11.8. The molecule has 2 N–H and O–H groups in total. The van der Waals surface area contributed by atoms with Gasteiger partial charge in [-0.3, -0.25) is 4.79 Å². The fourth-order valence-corrected chi connectivity index (χ4v) is 1.87. The van der Waals surface area contributed by atoms with Crippen LogP contribution in [0.1, 0.15) is 12.0 Å². The molecule has 0 aliphatic heterocycles. The molecule has 1 aromatic carbocycles. The quantitative estimate of drug-likeness (QED) is 0.760. The Balaban J connectivity index is 2.42. The van der Waals surface area contributed by atoms with Crippen LogP contribution in [0.4, 0.5) is 0 Å². The van der Waals surface area contributed by atoms with E-state index in [1.165, 1.54) is 13.2 Å². The average Bonchev–Trinajstić information content (AvgIpc) is 2.40. The smallest absolute Gasteiger partial charge is 0.244 e. The van der Waals surface area contributed by atoms with E-state index in [0.29, 0.717) is 28.6 Å². The topological polar surface area (TPSA) is 58.6 Å². The molecule has 110 valence electrons. The summed E-state index contributed by atoms with van der Waals surface area (Å²) in [4.78, 5) is 11.6. The van der Waals surface area contributed by atoms with Gasteiger partial charge in [-0.2, -0.15) is 0 Å². The van der Waals surface area contributed by atoms with Crippen LogP contribution in [0, 0.1) is 0 Å². The van der Waals surface area contributed by atoms with E-state index in [-0.39, 0.29) is 12.5 Å². The zero-order valence-electron chi connectivity index (χ0n) is 11.1. The Morgan fingerprint density at radius 1 is 1.50 bits per heavy atom. The number of ether oxygens (including phenoxy) is 1. The normalized spacial score (nSPS) is 12.6. The number of halogens is 2. The van der Waals surface area contributed by atoms with Crippen molar-refractivity contribution in [1.29, 1.82) is 0 Å². The van der Waals surface area contributed by atoms with Gasteiger partial charge in [-0.05, 0) is 36.3 Å². The highest BCUT2D eigenvalue weighted by atomic mass is 35.5. The molecule has 1 aromatic rings. The van der Waals surface area contributed by atoms with Crippen molar-refractivity contribution in [1.82, 2.24) is 5.32 Å². The first-order valence-corrected chi connectivity index (χ1v) is 6.86. The van der Waals surface area contributed by atoms with Gasteiger partial charge >= 0.3 is 0 Å². The van der Waals surface area contributed by atoms with Gasteiger partial charge in [0.15, 0.2) is 0 Å². The SMILES string of the molecule is COCC(O)CCNC(=O)/C=C/c1cc(Cl)ccc1Cl. The number of rotatable bonds is 7. The number of aliphatic hydroxyl groups is 1. The number of methoxy groups -OCH3 is 1. The van der Waals surface area contributed by atoms with Gasteiger partial charge in [0.05, 0.1) is 12.7 Å². The molecular weight excluding hydrogens is 301 g/mol. The predicted molar refractivity (Wildman–Crippen MR) is 81.0 cm³/mol. The Bertz CT molecular complexity index is 477. The van der Waals surface area contributed by atoms with Gasteiger partial charge in [0.1, 0.15) is 0 Å². The minimum Gasteiger partial charge on any atom is -0.391 e. The van der Waals surface area contributed by atoms with E-state index in [9.17, 15) is 9.90 Å². The second kappa shape index (κ2) is 8.97. The third kappa shape index (κ3) is 6.39. The number of hydrogen-bond donors (Lipinski definition) is 2. The lowest BCUT2D eigenvalue weighted by molar-refractivity contribution is -0.116. The van der Waals surface area contributed by atoms with Crippen molar-refractivity contribution < 1.29 is 14.6 Å². The molecule has 1 unspecified atom stereocenters. The van der Waals surface area contributed by atoms with Crippen LogP contribution in [0.2, 0.25) is 10.0 Å². The third-order valence-corrected chi connectivity index (χ3v) is 3.09. The average molecular weight is 318 g/mol. The molecule has 0 spiro atoms. The van der Waals surface area contributed by atoms with Gasteiger partial charge in [0.2, 0.25) is 5.91 Å². The van der Waals surface area contributed by atoms with Gasteiger partial charge in [-0.15, -0.1) is 0 Å². The monoisotopic (exact) mass is 317 g/mol. The lowest BCUT2D eigenvalue weighted by Gasteiger charge is -2.08. The predicted octanol–water partition coefficient (Wildman–Crippen LogP) is 2.52. The van der Waals surface area contributed by atoms with Crippen molar-refractivity contribution in [3.8, 4) is 0 Å².